The summed E-state index contributed by atoms with van der Waals surface area (Å²) in [5.41, 5.74) is 0. The normalized spacial score (nSPS) is 55.8. The smallest absolute Gasteiger partial charge is 0.309 e. The van der Waals surface area contributed by atoms with Gasteiger partial charge in [-0.05, 0) is 24.7 Å². The lowest BCUT2D eigenvalue weighted by Gasteiger charge is -2.24. The number of carbonyl (C=O) groups excluding carboxylic acids is 1. The van der Waals surface area contributed by atoms with Gasteiger partial charge >= 0.3 is 5.97 Å². The molecule has 4 unspecified atom stereocenters. The van der Waals surface area contributed by atoms with Crippen LogP contribution in [0.4, 0.5) is 0 Å². The van der Waals surface area contributed by atoms with Crippen LogP contribution >= 0.6 is 12.6 Å². The molecule has 2 saturated carbocycles. The van der Waals surface area contributed by atoms with Gasteiger partial charge in [-0.15, -0.1) is 0 Å². The average Bonchev–Trinajstić information content (AvgIpc) is 2.62. The van der Waals surface area contributed by atoms with E-state index >= 15 is 0 Å². The van der Waals surface area contributed by atoms with Crippen LogP contribution in [0.15, 0.2) is 0 Å². The molecule has 1 aliphatic heterocycles. The van der Waals surface area contributed by atoms with Gasteiger partial charge in [-0.3, -0.25) is 4.79 Å². The Morgan fingerprint density at radius 3 is 3.00 bits per heavy atom. The minimum Gasteiger partial charge on any atom is -0.465 e. The van der Waals surface area contributed by atoms with E-state index in [1.807, 2.05) is 0 Å². The summed E-state index contributed by atoms with van der Waals surface area (Å²) in [6.07, 6.45) is 2.42. The quantitative estimate of drug-likeness (QED) is 0.451. The van der Waals surface area contributed by atoms with Crippen LogP contribution in [0.2, 0.25) is 0 Å². The number of cyclic esters (lactones) is 1. The Labute approximate surface area is 77.1 Å². The van der Waals surface area contributed by atoms with Gasteiger partial charge in [0.25, 0.3) is 0 Å². The van der Waals surface area contributed by atoms with Crippen LogP contribution in [0, 0.1) is 23.7 Å². The molecular weight excluding hydrogens is 172 g/mol. The van der Waals surface area contributed by atoms with Gasteiger partial charge in [0.2, 0.25) is 0 Å². The van der Waals surface area contributed by atoms with Crippen molar-refractivity contribution in [2.75, 3.05) is 6.61 Å². The molecule has 0 aromatic carbocycles. The fraction of sp³-hybridized carbons (Fsp3) is 0.889. The number of fused-ring (bicyclic) bond motifs is 5. The summed E-state index contributed by atoms with van der Waals surface area (Å²) in [7, 11) is 0. The van der Waals surface area contributed by atoms with E-state index in [-0.39, 0.29) is 11.9 Å². The van der Waals surface area contributed by atoms with Crippen LogP contribution < -0.4 is 0 Å². The highest BCUT2D eigenvalue weighted by atomic mass is 32.1. The lowest BCUT2D eigenvalue weighted by molar-refractivity contribution is -0.142. The third-order valence-corrected chi connectivity index (χ3v) is 4.43. The summed E-state index contributed by atoms with van der Waals surface area (Å²) in [6.45, 7) is 0.686. The van der Waals surface area contributed by atoms with Crippen LogP contribution in [-0.2, 0) is 9.53 Å². The predicted octanol–water partition coefficient (Wildman–Crippen LogP) is 1.11. The Balaban J connectivity index is 1.95. The molecule has 0 N–H and O–H groups in total. The Morgan fingerprint density at radius 1 is 1.33 bits per heavy atom. The fourth-order valence-electron chi connectivity index (χ4n) is 3.30. The number of hydrogen-bond donors (Lipinski definition) is 1. The van der Waals surface area contributed by atoms with E-state index < -0.39 is 0 Å². The highest BCUT2D eigenvalue weighted by Gasteiger charge is 2.58. The second-order valence-electron chi connectivity index (χ2n) is 4.28. The molecule has 12 heavy (non-hydrogen) atoms. The van der Waals surface area contributed by atoms with Gasteiger partial charge in [0.1, 0.15) is 0 Å². The van der Waals surface area contributed by atoms with Crippen molar-refractivity contribution in [3.8, 4) is 0 Å². The predicted molar refractivity (Wildman–Crippen MR) is 46.9 cm³/mol. The number of ether oxygens (including phenoxy) is 1. The van der Waals surface area contributed by atoms with Crippen molar-refractivity contribution in [1.29, 1.82) is 0 Å². The first-order valence-electron chi connectivity index (χ1n) is 4.62. The molecule has 2 nitrogen and oxygen atoms in total. The molecule has 1 heterocycles. The summed E-state index contributed by atoms with van der Waals surface area (Å²) in [4.78, 5) is 11.3. The zero-order valence-corrected chi connectivity index (χ0v) is 7.67. The molecule has 0 spiro atoms. The largest absolute Gasteiger partial charge is 0.465 e. The van der Waals surface area contributed by atoms with Crippen molar-refractivity contribution in [2.45, 2.75) is 18.1 Å². The summed E-state index contributed by atoms with van der Waals surface area (Å²) < 4.78 is 5.08. The van der Waals surface area contributed by atoms with E-state index in [9.17, 15) is 4.79 Å². The number of carbonyl (C=O) groups is 1. The Bertz CT molecular complexity index is 241. The molecule has 0 amide bonds. The molecule has 5 atom stereocenters. The number of hydrogen-bond acceptors (Lipinski definition) is 3. The van der Waals surface area contributed by atoms with E-state index in [4.69, 9.17) is 4.74 Å². The van der Waals surface area contributed by atoms with Crippen molar-refractivity contribution in [1.82, 2.24) is 0 Å². The van der Waals surface area contributed by atoms with E-state index in [2.05, 4.69) is 12.6 Å². The van der Waals surface area contributed by atoms with Gasteiger partial charge < -0.3 is 4.74 Å². The molecule has 3 heteroatoms. The van der Waals surface area contributed by atoms with Crippen LogP contribution in [0.5, 0.6) is 0 Å². The highest BCUT2D eigenvalue weighted by molar-refractivity contribution is 7.81. The van der Waals surface area contributed by atoms with Crippen molar-refractivity contribution >= 4 is 18.6 Å². The first-order chi connectivity index (χ1) is 5.77. The maximum atomic E-state index is 11.3. The van der Waals surface area contributed by atoms with Gasteiger partial charge in [0.15, 0.2) is 0 Å². The topological polar surface area (TPSA) is 26.3 Å². The third-order valence-electron chi connectivity index (χ3n) is 3.83. The van der Waals surface area contributed by atoms with E-state index in [1.54, 1.807) is 0 Å². The van der Waals surface area contributed by atoms with Crippen LogP contribution in [-0.4, -0.2) is 17.8 Å². The zero-order chi connectivity index (χ0) is 8.29. The molecule has 3 fully saturated rings. The molecule has 3 rings (SSSR count). The molecular formula is C9H12O2S. The maximum absolute atomic E-state index is 11.3. The van der Waals surface area contributed by atoms with E-state index in [0.717, 1.165) is 5.92 Å². The monoisotopic (exact) mass is 184 g/mol. The standard InChI is InChI=1S/C9H12O2S/c10-9-8-5-1-4(2-7(5)12)6(8)3-11-9/h4-8,12H,1-3H2/t4?,5?,6-,7?,8?/m0/s1. The number of thiol groups is 1. The number of esters is 1. The Morgan fingerprint density at radius 2 is 2.17 bits per heavy atom. The van der Waals surface area contributed by atoms with E-state index in [1.165, 1.54) is 12.8 Å². The lowest BCUT2D eigenvalue weighted by atomic mass is 9.81. The Hall–Kier alpha value is -0.180. The first-order valence-corrected chi connectivity index (χ1v) is 5.13. The van der Waals surface area contributed by atoms with Crippen LogP contribution in [0.3, 0.4) is 0 Å². The van der Waals surface area contributed by atoms with Gasteiger partial charge in [-0.25, -0.2) is 0 Å². The molecule has 66 valence electrons. The lowest BCUT2D eigenvalue weighted by Crippen LogP contribution is -2.29. The van der Waals surface area contributed by atoms with E-state index in [0.29, 0.717) is 23.7 Å². The molecule has 2 bridgehead atoms. The average molecular weight is 184 g/mol. The van der Waals surface area contributed by atoms with Gasteiger partial charge in [-0.2, -0.15) is 12.6 Å². The zero-order valence-electron chi connectivity index (χ0n) is 6.77. The van der Waals surface area contributed by atoms with Crippen molar-refractivity contribution in [2.24, 2.45) is 23.7 Å². The first kappa shape index (κ1) is 7.25. The van der Waals surface area contributed by atoms with Crippen molar-refractivity contribution < 1.29 is 9.53 Å². The van der Waals surface area contributed by atoms with Gasteiger partial charge in [0.05, 0.1) is 12.5 Å². The van der Waals surface area contributed by atoms with Gasteiger partial charge in [0, 0.05) is 11.2 Å². The minimum absolute atomic E-state index is 0.0475. The molecule has 0 aromatic rings. The second-order valence-corrected chi connectivity index (χ2v) is 4.95. The summed E-state index contributed by atoms with van der Waals surface area (Å²) >= 11 is 4.51. The molecule has 0 aromatic heterocycles. The summed E-state index contributed by atoms with van der Waals surface area (Å²) in [5, 5.41) is 0.460. The fourth-order valence-corrected chi connectivity index (χ4v) is 3.88. The maximum Gasteiger partial charge on any atom is 0.309 e. The van der Waals surface area contributed by atoms with Crippen molar-refractivity contribution in [3.63, 3.8) is 0 Å². The number of rotatable bonds is 0. The molecule has 1 saturated heterocycles. The third kappa shape index (κ3) is 0.709. The van der Waals surface area contributed by atoms with Crippen LogP contribution in [0.25, 0.3) is 0 Å². The SMILES string of the molecule is O=C1OC[C@H]2C3CC(S)C(C3)C12. The molecule has 2 aliphatic carbocycles. The molecule has 0 radical (unpaired) electrons. The van der Waals surface area contributed by atoms with Crippen LogP contribution in [0.1, 0.15) is 12.8 Å². The van der Waals surface area contributed by atoms with Gasteiger partial charge in [-0.1, -0.05) is 0 Å². The summed E-state index contributed by atoms with van der Waals surface area (Å²) in [5.74, 6) is 2.07. The Kier molecular flexibility index (Phi) is 1.32. The van der Waals surface area contributed by atoms with Crippen molar-refractivity contribution in [3.05, 3.63) is 0 Å². The molecule has 3 aliphatic rings. The minimum atomic E-state index is 0.0475. The second kappa shape index (κ2) is 2.19. The highest BCUT2D eigenvalue weighted by Crippen LogP contribution is 2.56. The summed E-state index contributed by atoms with van der Waals surface area (Å²) in [6, 6.07) is 0.